The number of fused-ring (bicyclic) bond motifs is 1. The van der Waals surface area contributed by atoms with E-state index < -0.39 is 0 Å². The summed E-state index contributed by atoms with van der Waals surface area (Å²) in [4.78, 5) is 16.3. The molecule has 3 aromatic heterocycles. The molecule has 1 amide bonds. The average Bonchev–Trinajstić information content (AvgIpc) is 3.39. The van der Waals surface area contributed by atoms with Crippen molar-refractivity contribution in [2.24, 2.45) is 0 Å². The average molecular weight is 389 g/mol. The minimum Gasteiger partial charge on any atom is -0.461 e. The fraction of sp³-hybridized carbons (Fsp3) is 0.389. The third kappa shape index (κ3) is 3.19. The lowest BCUT2D eigenvalue weighted by molar-refractivity contribution is -0.131. The summed E-state index contributed by atoms with van der Waals surface area (Å²) >= 11 is 3.24. The Hall–Kier alpha value is -2.06. The fourth-order valence-electron chi connectivity index (χ4n) is 3.15. The molecule has 0 spiro atoms. The maximum atomic E-state index is 12.9. The molecule has 1 unspecified atom stereocenters. The number of hydrogen-bond donors (Lipinski definition) is 0. The molecule has 0 saturated heterocycles. The highest BCUT2D eigenvalue weighted by Gasteiger charge is 2.27. The van der Waals surface area contributed by atoms with E-state index >= 15 is 0 Å². The molecule has 4 rings (SSSR count). The zero-order chi connectivity index (χ0) is 18.1. The molecule has 0 N–H and O–H groups in total. The Balaban J connectivity index is 1.48. The van der Waals surface area contributed by atoms with Crippen molar-refractivity contribution < 1.29 is 9.21 Å². The number of carbonyl (C=O) groups is 1. The summed E-state index contributed by atoms with van der Waals surface area (Å²) < 4.78 is 7.43. The van der Waals surface area contributed by atoms with Crippen LogP contribution < -0.4 is 0 Å². The zero-order valence-electron chi connectivity index (χ0n) is 14.7. The second kappa shape index (κ2) is 7.28. The monoisotopic (exact) mass is 388 g/mol. The summed E-state index contributed by atoms with van der Waals surface area (Å²) in [7, 11) is 0. The quantitative estimate of drug-likeness (QED) is 0.624. The minimum absolute atomic E-state index is 0.150. The van der Waals surface area contributed by atoms with Crippen LogP contribution in [0, 0.1) is 0 Å². The van der Waals surface area contributed by atoms with Crippen LogP contribution in [-0.2, 0) is 24.3 Å². The fourth-order valence-corrected chi connectivity index (χ4v) is 5.04. The number of rotatable bonds is 5. The molecule has 8 heteroatoms. The van der Waals surface area contributed by atoms with Crippen molar-refractivity contribution >= 4 is 29.0 Å². The van der Waals surface area contributed by atoms with E-state index in [2.05, 4.69) is 21.6 Å². The Labute approximate surface area is 160 Å². The Kier molecular flexibility index (Phi) is 4.86. The molecule has 0 aromatic carbocycles. The number of nitrogens with zero attached hydrogens (tertiary/aromatic N) is 4. The second-order valence-corrected chi connectivity index (χ2v) is 8.48. The number of amides is 1. The van der Waals surface area contributed by atoms with Crippen molar-refractivity contribution in [2.45, 2.75) is 43.8 Å². The molecule has 26 heavy (non-hydrogen) atoms. The zero-order valence-corrected chi connectivity index (χ0v) is 16.3. The SMILES string of the molecule is CCn1c(SC(C)C(=O)N2CCc3sccc3C2)nnc1-c1ccco1. The summed E-state index contributed by atoms with van der Waals surface area (Å²) in [6.07, 6.45) is 2.57. The normalized spacial score (nSPS) is 15.1. The number of furan rings is 1. The highest BCUT2D eigenvalue weighted by Crippen LogP contribution is 2.30. The highest BCUT2D eigenvalue weighted by atomic mass is 32.2. The van der Waals surface area contributed by atoms with Crippen LogP contribution >= 0.6 is 23.1 Å². The third-order valence-corrected chi connectivity index (χ3v) is 6.61. The van der Waals surface area contributed by atoms with E-state index in [1.54, 1.807) is 17.6 Å². The first-order valence-electron chi connectivity index (χ1n) is 8.65. The van der Waals surface area contributed by atoms with E-state index in [9.17, 15) is 4.79 Å². The van der Waals surface area contributed by atoms with Crippen LogP contribution in [0.2, 0.25) is 0 Å². The first-order valence-corrected chi connectivity index (χ1v) is 10.4. The van der Waals surface area contributed by atoms with Crippen molar-refractivity contribution in [1.29, 1.82) is 0 Å². The van der Waals surface area contributed by atoms with Crippen molar-refractivity contribution in [2.75, 3.05) is 6.54 Å². The predicted molar refractivity (Wildman–Crippen MR) is 102 cm³/mol. The molecule has 0 aliphatic carbocycles. The van der Waals surface area contributed by atoms with E-state index in [0.29, 0.717) is 24.7 Å². The molecule has 6 nitrogen and oxygen atoms in total. The summed E-state index contributed by atoms with van der Waals surface area (Å²) in [6.45, 7) is 6.19. The van der Waals surface area contributed by atoms with Gasteiger partial charge in [0.1, 0.15) is 0 Å². The Morgan fingerprint density at radius 1 is 1.42 bits per heavy atom. The highest BCUT2D eigenvalue weighted by molar-refractivity contribution is 8.00. The van der Waals surface area contributed by atoms with E-state index in [0.717, 1.165) is 18.1 Å². The van der Waals surface area contributed by atoms with Gasteiger partial charge in [-0.2, -0.15) is 0 Å². The smallest absolute Gasteiger partial charge is 0.236 e. The molecule has 0 saturated carbocycles. The molecule has 4 heterocycles. The number of thioether (sulfide) groups is 1. The number of carbonyl (C=O) groups excluding carboxylic acids is 1. The molecule has 3 aromatic rings. The lowest BCUT2D eigenvalue weighted by Gasteiger charge is -2.29. The van der Waals surface area contributed by atoms with E-state index in [1.165, 1.54) is 22.2 Å². The summed E-state index contributed by atoms with van der Waals surface area (Å²) in [5.74, 6) is 1.53. The van der Waals surface area contributed by atoms with Crippen LogP contribution in [0.4, 0.5) is 0 Å². The molecule has 0 radical (unpaired) electrons. The van der Waals surface area contributed by atoms with Gasteiger partial charge < -0.3 is 9.32 Å². The maximum absolute atomic E-state index is 12.9. The first kappa shape index (κ1) is 17.4. The van der Waals surface area contributed by atoms with Crippen LogP contribution in [0.3, 0.4) is 0 Å². The van der Waals surface area contributed by atoms with Gasteiger partial charge in [0.2, 0.25) is 5.91 Å². The summed E-state index contributed by atoms with van der Waals surface area (Å²) in [6, 6.07) is 5.82. The largest absolute Gasteiger partial charge is 0.461 e. The van der Waals surface area contributed by atoms with Gasteiger partial charge in [-0.3, -0.25) is 9.36 Å². The van der Waals surface area contributed by atoms with E-state index in [-0.39, 0.29) is 11.2 Å². The number of hydrogen-bond acceptors (Lipinski definition) is 6. The summed E-state index contributed by atoms with van der Waals surface area (Å²) in [5.41, 5.74) is 1.28. The van der Waals surface area contributed by atoms with Crippen LogP contribution in [0.1, 0.15) is 24.3 Å². The Morgan fingerprint density at radius 3 is 3.08 bits per heavy atom. The van der Waals surface area contributed by atoms with Crippen LogP contribution in [0.5, 0.6) is 0 Å². The topological polar surface area (TPSA) is 64.2 Å². The lowest BCUT2D eigenvalue weighted by Crippen LogP contribution is -2.39. The Bertz CT molecular complexity index is 900. The molecular weight excluding hydrogens is 368 g/mol. The predicted octanol–water partition coefficient (Wildman–Crippen LogP) is 3.69. The van der Waals surface area contributed by atoms with Crippen molar-refractivity contribution in [1.82, 2.24) is 19.7 Å². The van der Waals surface area contributed by atoms with Gasteiger partial charge >= 0.3 is 0 Å². The van der Waals surface area contributed by atoms with Gasteiger partial charge in [0, 0.05) is 24.5 Å². The van der Waals surface area contributed by atoms with Crippen molar-refractivity contribution in [3.05, 3.63) is 40.3 Å². The van der Waals surface area contributed by atoms with Crippen LogP contribution in [0.15, 0.2) is 39.4 Å². The molecule has 1 aliphatic heterocycles. The third-order valence-electron chi connectivity index (χ3n) is 4.52. The second-order valence-electron chi connectivity index (χ2n) is 6.17. The van der Waals surface area contributed by atoms with Crippen molar-refractivity contribution in [3.8, 4) is 11.6 Å². The van der Waals surface area contributed by atoms with Crippen LogP contribution in [0.25, 0.3) is 11.6 Å². The first-order chi connectivity index (χ1) is 12.7. The maximum Gasteiger partial charge on any atom is 0.236 e. The van der Waals surface area contributed by atoms with Crippen molar-refractivity contribution in [3.63, 3.8) is 0 Å². The van der Waals surface area contributed by atoms with Gasteiger partial charge in [-0.05, 0) is 49.4 Å². The van der Waals surface area contributed by atoms with Crippen LogP contribution in [-0.4, -0.2) is 37.4 Å². The van der Waals surface area contributed by atoms with Gasteiger partial charge in [0.25, 0.3) is 0 Å². The van der Waals surface area contributed by atoms with Gasteiger partial charge in [-0.1, -0.05) is 11.8 Å². The number of aromatic nitrogens is 3. The van der Waals surface area contributed by atoms with E-state index in [1.807, 2.05) is 35.4 Å². The molecule has 136 valence electrons. The molecule has 0 fully saturated rings. The molecule has 0 bridgehead atoms. The van der Waals surface area contributed by atoms with Gasteiger partial charge in [0.05, 0.1) is 11.5 Å². The summed E-state index contributed by atoms with van der Waals surface area (Å²) in [5, 5.41) is 11.2. The molecular formula is C18H20N4O2S2. The molecule has 1 aliphatic rings. The van der Waals surface area contributed by atoms with E-state index in [4.69, 9.17) is 4.42 Å². The minimum atomic E-state index is -0.214. The number of thiophene rings is 1. The standard InChI is InChI=1S/C18H20N4O2S2/c1-3-22-16(14-5-4-9-24-14)19-20-18(22)26-12(2)17(23)21-8-6-15-13(11-21)7-10-25-15/h4-5,7,9-10,12H,3,6,8,11H2,1-2H3. The Morgan fingerprint density at radius 2 is 2.31 bits per heavy atom. The van der Waals surface area contributed by atoms with Gasteiger partial charge in [-0.15, -0.1) is 21.5 Å². The lowest BCUT2D eigenvalue weighted by atomic mass is 10.1. The molecule has 1 atom stereocenters. The van der Waals surface area contributed by atoms with Gasteiger partial charge in [0.15, 0.2) is 16.7 Å². The van der Waals surface area contributed by atoms with Gasteiger partial charge in [-0.25, -0.2) is 0 Å².